The molecule has 0 saturated heterocycles. The van der Waals surface area contributed by atoms with E-state index in [1.165, 1.54) is 11.3 Å². The van der Waals surface area contributed by atoms with Crippen molar-refractivity contribution in [3.05, 3.63) is 68.1 Å². The Labute approximate surface area is 168 Å². The number of nitrogens with zero attached hydrogens (tertiary/aromatic N) is 3. The van der Waals surface area contributed by atoms with Gasteiger partial charge in [0.2, 0.25) is 0 Å². The normalized spacial score (nSPS) is 11.2. The number of halogens is 3. The Kier molecular flexibility index (Phi) is 5.00. The summed E-state index contributed by atoms with van der Waals surface area (Å²) in [5, 5.41) is 6.69. The molecule has 0 spiro atoms. The quantitative estimate of drug-likeness (QED) is 0.439. The van der Waals surface area contributed by atoms with E-state index in [2.05, 4.69) is 25.3 Å². The highest BCUT2D eigenvalue weighted by Crippen LogP contribution is 2.31. The zero-order chi connectivity index (χ0) is 18.1. The van der Waals surface area contributed by atoms with Gasteiger partial charge in [0.1, 0.15) is 10.8 Å². The van der Waals surface area contributed by atoms with Crippen LogP contribution in [0.5, 0.6) is 0 Å². The van der Waals surface area contributed by atoms with Crippen LogP contribution >= 0.6 is 46.1 Å². The summed E-state index contributed by atoms with van der Waals surface area (Å²) in [5.74, 6) is 0. The maximum absolute atomic E-state index is 6.32. The molecule has 26 heavy (non-hydrogen) atoms. The van der Waals surface area contributed by atoms with E-state index in [0.717, 1.165) is 32.3 Å². The zero-order valence-corrected chi connectivity index (χ0v) is 16.3. The van der Waals surface area contributed by atoms with Crippen molar-refractivity contribution in [2.24, 2.45) is 0 Å². The SMILES string of the molecule is Clc1ccc(CNc2nc(Cl)c(Cc3c[nH]c4ncc(Cl)cc34)s2)nc1. The molecule has 2 N–H and O–H groups in total. The molecule has 9 heteroatoms. The van der Waals surface area contributed by atoms with Crippen molar-refractivity contribution >= 4 is 62.3 Å². The van der Waals surface area contributed by atoms with Crippen molar-refractivity contribution in [1.29, 1.82) is 0 Å². The van der Waals surface area contributed by atoms with Gasteiger partial charge >= 0.3 is 0 Å². The second kappa shape index (κ2) is 7.40. The molecular weight excluding hydrogens is 413 g/mol. The maximum Gasteiger partial charge on any atom is 0.184 e. The number of rotatable bonds is 5. The standard InChI is InChI=1S/C17H12Cl3N5S/c18-10-1-2-12(21-6-10)8-24-17-25-15(20)14(26-17)3-9-5-22-16-13(9)4-11(19)7-23-16/h1-2,4-7H,3,8H2,(H,22,23)(H,24,25). The Bertz CT molecular complexity index is 1060. The van der Waals surface area contributed by atoms with Crippen molar-refractivity contribution in [1.82, 2.24) is 19.9 Å². The van der Waals surface area contributed by atoms with Gasteiger partial charge in [-0.05, 0) is 23.8 Å². The Morgan fingerprint density at radius 3 is 2.73 bits per heavy atom. The number of hydrogen-bond donors (Lipinski definition) is 2. The first-order valence-electron chi connectivity index (χ1n) is 7.69. The van der Waals surface area contributed by atoms with E-state index in [4.69, 9.17) is 34.8 Å². The van der Waals surface area contributed by atoms with Crippen LogP contribution < -0.4 is 5.32 Å². The van der Waals surface area contributed by atoms with E-state index < -0.39 is 0 Å². The van der Waals surface area contributed by atoms with Crippen molar-refractivity contribution in [3.63, 3.8) is 0 Å². The topological polar surface area (TPSA) is 66.5 Å². The molecule has 4 heterocycles. The number of anilines is 1. The molecule has 0 aliphatic carbocycles. The Morgan fingerprint density at radius 2 is 1.92 bits per heavy atom. The lowest BCUT2D eigenvalue weighted by molar-refractivity contribution is 1.04. The van der Waals surface area contributed by atoms with Crippen LogP contribution in [-0.2, 0) is 13.0 Å². The van der Waals surface area contributed by atoms with E-state index in [0.29, 0.717) is 28.2 Å². The van der Waals surface area contributed by atoms with Gasteiger partial charge in [0.05, 0.1) is 27.2 Å². The van der Waals surface area contributed by atoms with E-state index in [-0.39, 0.29) is 0 Å². The van der Waals surface area contributed by atoms with Crippen LogP contribution in [0.4, 0.5) is 5.13 Å². The summed E-state index contributed by atoms with van der Waals surface area (Å²) in [6.07, 6.45) is 5.82. The third-order valence-electron chi connectivity index (χ3n) is 3.79. The van der Waals surface area contributed by atoms with Crippen LogP contribution in [0, 0.1) is 0 Å². The molecular formula is C17H12Cl3N5S. The molecule has 0 fully saturated rings. The molecule has 4 rings (SSSR count). The van der Waals surface area contributed by atoms with Crippen molar-refractivity contribution in [2.45, 2.75) is 13.0 Å². The molecule has 0 radical (unpaired) electrons. The molecule has 0 saturated carbocycles. The number of H-pyrrole nitrogens is 1. The number of aromatic nitrogens is 4. The number of thiazole rings is 1. The average molecular weight is 425 g/mol. The Morgan fingerprint density at radius 1 is 1.08 bits per heavy atom. The molecule has 132 valence electrons. The fraction of sp³-hybridized carbons (Fsp3) is 0.118. The highest BCUT2D eigenvalue weighted by atomic mass is 35.5. The van der Waals surface area contributed by atoms with Gasteiger partial charge in [-0.1, -0.05) is 34.8 Å². The van der Waals surface area contributed by atoms with Gasteiger partial charge in [-0.15, -0.1) is 11.3 Å². The minimum atomic E-state index is 0.492. The minimum absolute atomic E-state index is 0.492. The molecule has 0 aliphatic heterocycles. The minimum Gasteiger partial charge on any atom is -0.356 e. The molecule has 4 aromatic rings. The van der Waals surface area contributed by atoms with Crippen LogP contribution in [0.25, 0.3) is 11.0 Å². The highest BCUT2D eigenvalue weighted by molar-refractivity contribution is 7.16. The molecule has 0 amide bonds. The maximum atomic E-state index is 6.32. The van der Waals surface area contributed by atoms with Crippen LogP contribution in [-0.4, -0.2) is 19.9 Å². The first kappa shape index (κ1) is 17.5. The van der Waals surface area contributed by atoms with Gasteiger partial charge in [0, 0.05) is 30.4 Å². The summed E-state index contributed by atoms with van der Waals surface area (Å²) in [6.45, 7) is 0.549. The van der Waals surface area contributed by atoms with Crippen molar-refractivity contribution in [2.75, 3.05) is 5.32 Å². The zero-order valence-electron chi connectivity index (χ0n) is 13.3. The smallest absolute Gasteiger partial charge is 0.184 e. The molecule has 4 aromatic heterocycles. The van der Waals surface area contributed by atoms with Crippen molar-refractivity contribution in [3.8, 4) is 0 Å². The Hall–Kier alpha value is -1.86. The van der Waals surface area contributed by atoms with Gasteiger partial charge in [-0.3, -0.25) is 4.98 Å². The van der Waals surface area contributed by atoms with Gasteiger partial charge in [-0.2, -0.15) is 0 Å². The van der Waals surface area contributed by atoms with E-state index in [1.54, 1.807) is 12.4 Å². The monoisotopic (exact) mass is 423 g/mol. The molecule has 0 atom stereocenters. The van der Waals surface area contributed by atoms with Crippen molar-refractivity contribution < 1.29 is 0 Å². The van der Waals surface area contributed by atoms with Gasteiger partial charge in [-0.25, -0.2) is 9.97 Å². The summed E-state index contributed by atoms with van der Waals surface area (Å²) in [6, 6.07) is 5.58. The largest absolute Gasteiger partial charge is 0.356 e. The number of hydrogen-bond acceptors (Lipinski definition) is 5. The van der Waals surface area contributed by atoms with Crippen LogP contribution in [0.2, 0.25) is 15.2 Å². The molecule has 0 aliphatic rings. The predicted molar refractivity (Wildman–Crippen MR) is 108 cm³/mol. The lowest BCUT2D eigenvalue weighted by Gasteiger charge is -2.01. The first-order chi connectivity index (χ1) is 12.6. The van der Waals surface area contributed by atoms with E-state index in [1.807, 2.05) is 24.4 Å². The Balaban J connectivity index is 1.50. The van der Waals surface area contributed by atoms with Gasteiger partial charge in [0.25, 0.3) is 0 Å². The lowest BCUT2D eigenvalue weighted by atomic mass is 10.1. The summed E-state index contributed by atoms with van der Waals surface area (Å²) in [7, 11) is 0. The van der Waals surface area contributed by atoms with Gasteiger partial charge < -0.3 is 10.3 Å². The number of nitrogens with one attached hydrogen (secondary N) is 2. The van der Waals surface area contributed by atoms with Gasteiger partial charge in [0.15, 0.2) is 5.13 Å². The fourth-order valence-electron chi connectivity index (χ4n) is 2.55. The van der Waals surface area contributed by atoms with Crippen LogP contribution in [0.15, 0.2) is 36.8 Å². The molecule has 0 aromatic carbocycles. The summed E-state index contributed by atoms with van der Waals surface area (Å²) >= 11 is 19.7. The molecule has 0 bridgehead atoms. The fourth-order valence-corrected chi connectivity index (χ4v) is 4.01. The van der Waals surface area contributed by atoms with Crippen LogP contribution in [0.1, 0.15) is 16.1 Å². The summed E-state index contributed by atoms with van der Waals surface area (Å²) in [5.41, 5.74) is 2.75. The third-order valence-corrected chi connectivity index (χ3v) is 5.66. The summed E-state index contributed by atoms with van der Waals surface area (Å²) < 4.78 is 0. The summed E-state index contributed by atoms with van der Waals surface area (Å²) in [4.78, 5) is 17.0. The predicted octanol–water partition coefficient (Wildman–Crippen LogP) is 5.58. The average Bonchev–Trinajstić information content (AvgIpc) is 3.18. The lowest BCUT2D eigenvalue weighted by Crippen LogP contribution is -2.00. The number of pyridine rings is 2. The first-order valence-corrected chi connectivity index (χ1v) is 9.64. The van der Waals surface area contributed by atoms with Crippen LogP contribution in [0.3, 0.4) is 0 Å². The molecule has 5 nitrogen and oxygen atoms in total. The second-order valence-electron chi connectivity index (χ2n) is 5.59. The number of fused-ring (bicyclic) bond motifs is 1. The van der Waals surface area contributed by atoms with E-state index in [9.17, 15) is 0 Å². The van der Waals surface area contributed by atoms with E-state index >= 15 is 0 Å². The molecule has 0 unspecified atom stereocenters. The highest BCUT2D eigenvalue weighted by Gasteiger charge is 2.13. The second-order valence-corrected chi connectivity index (χ2v) is 7.91. The third kappa shape index (κ3) is 3.78. The number of aromatic amines is 1.